The van der Waals surface area contributed by atoms with Crippen LogP contribution in [0.5, 0.6) is 0 Å². The van der Waals surface area contributed by atoms with Crippen LogP contribution < -0.4 is 11.1 Å². The first-order valence-electron chi connectivity index (χ1n) is 8.54. The quantitative estimate of drug-likeness (QED) is 0.644. The number of nitrogens with two attached hydrogens (primary N) is 1. The van der Waals surface area contributed by atoms with Gasteiger partial charge in [0.2, 0.25) is 5.91 Å². The first-order chi connectivity index (χ1) is 9.92. The third-order valence-electron chi connectivity index (χ3n) is 5.16. The Labute approximate surface area is 129 Å². The van der Waals surface area contributed by atoms with Crippen LogP contribution in [0.2, 0.25) is 0 Å². The number of hydrogen-bond acceptors (Lipinski definition) is 3. The molecule has 1 rings (SSSR count). The molecule has 1 unspecified atom stereocenters. The highest BCUT2D eigenvalue weighted by Crippen LogP contribution is 2.31. The van der Waals surface area contributed by atoms with E-state index in [2.05, 4.69) is 26.1 Å². The van der Waals surface area contributed by atoms with Crippen LogP contribution in [0.3, 0.4) is 0 Å². The molecule has 4 N–H and O–H groups in total. The van der Waals surface area contributed by atoms with Gasteiger partial charge in [0.15, 0.2) is 0 Å². The summed E-state index contributed by atoms with van der Waals surface area (Å²) in [4.78, 5) is 12.2. The summed E-state index contributed by atoms with van der Waals surface area (Å²) in [6.45, 7) is 7.36. The zero-order chi connectivity index (χ0) is 15.9. The number of aliphatic hydroxyl groups excluding tert-OH is 1. The van der Waals surface area contributed by atoms with E-state index in [0.29, 0.717) is 30.7 Å². The molecule has 0 aliphatic heterocycles. The number of carbonyl (C=O) groups is 1. The highest BCUT2D eigenvalue weighted by Gasteiger charge is 2.34. The van der Waals surface area contributed by atoms with Crippen LogP contribution in [0, 0.1) is 17.8 Å². The summed E-state index contributed by atoms with van der Waals surface area (Å²) in [5.74, 6) is 1.86. The van der Waals surface area contributed by atoms with Gasteiger partial charge in [-0.05, 0) is 62.8 Å². The van der Waals surface area contributed by atoms with Gasteiger partial charge in [-0.25, -0.2) is 0 Å². The van der Waals surface area contributed by atoms with Gasteiger partial charge >= 0.3 is 0 Å². The summed E-state index contributed by atoms with van der Waals surface area (Å²) in [7, 11) is 0. The lowest BCUT2D eigenvalue weighted by Crippen LogP contribution is -2.53. The van der Waals surface area contributed by atoms with Crippen molar-refractivity contribution in [3.8, 4) is 0 Å². The lowest BCUT2D eigenvalue weighted by molar-refractivity contribution is -0.124. The van der Waals surface area contributed by atoms with Crippen molar-refractivity contribution in [2.75, 3.05) is 13.2 Å². The van der Waals surface area contributed by atoms with Crippen LogP contribution in [0.1, 0.15) is 65.7 Å². The van der Waals surface area contributed by atoms with Gasteiger partial charge in [-0.2, -0.15) is 0 Å². The van der Waals surface area contributed by atoms with Crippen LogP contribution in [0.25, 0.3) is 0 Å². The molecule has 21 heavy (non-hydrogen) atoms. The Bertz CT molecular complexity index is 310. The number of rotatable bonds is 8. The van der Waals surface area contributed by atoms with Gasteiger partial charge in [0.25, 0.3) is 0 Å². The second-order valence-electron chi connectivity index (χ2n) is 7.29. The largest absolute Gasteiger partial charge is 0.394 e. The Morgan fingerprint density at radius 3 is 2.43 bits per heavy atom. The van der Waals surface area contributed by atoms with Gasteiger partial charge in [0, 0.05) is 6.42 Å². The molecule has 4 nitrogen and oxygen atoms in total. The summed E-state index contributed by atoms with van der Waals surface area (Å²) in [5, 5.41) is 12.8. The zero-order valence-electron chi connectivity index (χ0n) is 14.0. The molecule has 4 heteroatoms. The molecule has 1 saturated carbocycles. The Hall–Kier alpha value is -0.610. The van der Waals surface area contributed by atoms with Crippen molar-refractivity contribution in [3.63, 3.8) is 0 Å². The summed E-state index contributed by atoms with van der Waals surface area (Å²) in [6.07, 6.45) is 6.37. The normalized spacial score (nSPS) is 27.6. The van der Waals surface area contributed by atoms with E-state index in [1.807, 2.05) is 0 Å². The predicted octanol–water partition coefficient (Wildman–Crippen LogP) is 2.45. The molecular formula is C17H34N2O2. The van der Waals surface area contributed by atoms with Crippen LogP contribution in [-0.2, 0) is 4.79 Å². The van der Waals surface area contributed by atoms with E-state index in [0.717, 1.165) is 38.5 Å². The Kier molecular flexibility index (Phi) is 7.67. The van der Waals surface area contributed by atoms with E-state index in [-0.39, 0.29) is 18.1 Å². The topological polar surface area (TPSA) is 75.3 Å². The molecule has 0 aromatic rings. The van der Waals surface area contributed by atoms with Crippen molar-refractivity contribution in [2.24, 2.45) is 23.5 Å². The second kappa shape index (κ2) is 8.74. The van der Waals surface area contributed by atoms with Crippen LogP contribution in [-0.4, -0.2) is 29.7 Å². The number of aliphatic hydroxyl groups is 1. The van der Waals surface area contributed by atoms with Crippen molar-refractivity contribution in [1.29, 1.82) is 0 Å². The fourth-order valence-corrected chi connectivity index (χ4v) is 3.34. The molecule has 1 atom stereocenters. The molecule has 0 heterocycles. The molecule has 124 valence electrons. The minimum absolute atomic E-state index is 0.0574. The van der Waals surface area contributed by atoms with E-state index in [9.17, 15) is 9.90 Å². The lowest BCUT2D eigenvalue weighted by Gasteiger charge is -2.39. The maximum atomic E-state index is 12.2. The minimum atomic E-state index is -0.370. The molecule has 0 radical (unpaired) electrons. The molecule has 1 fully saturated rings. The average Bonchev–Trinajstić information content (AvgIpc) is 2.46. The molecule has 0 saturated heterocycles. The molecule has 1 aliphatic carbocycles. The van der Waals surface area contributed by atoms with Crippen molar-refractivity contribution >= 4 is 5.91 Å². The first-order valence-corrected chi connectivity index (χ1v) is 8.54. The summed E-state index contributed by atoms with van der Waals surface area (Å²) in [6, 6.07) is 0. The molecule has 0 aromatic carbocycles. The zero-order valence-corrected chi connectivity index (χ0v) is 14.0. The highest BCUT2D eigenvalue weighted by atomic mass is 16.3. The third kappa shape index (κ3) is 5.95. The molecule has 1 aliphatic rings. The summed E-state index contributed by atoms with van der Waals surface area (Å²) < 4.78 is 0. The van der Waals surface area contributed by atoms with E-state index in [4.69, 9.17) is 5.73 Å². The molecule has 0 bridgehead atoms. The second-order valence-corrected chi connectivity index (χ2v) is 7.29. The summed E-state index contributed by atoms with van der Waals surface area (Å²) in [5.41, 5.74) is 5.27. The fraction of sp³-hybridized carbons (Fsp3) is 0.941. The number of carbonyl (C=O) groups excluding carboxylic acids is 1. The van der Waals surface area contributed by atoms with E-state index in [1.54, 1.807) is 0 Å². The minimum Gasteiger partial charge on any atom is -0.394 e. The number of amides is 1. The van der Waals surface area contributed by atoms with Gasteiger partial charge in [-0.3, -0.25) is 4.79 Å². The first kappa shape index (κ1) is 18.4. The van der Waals surface area contributed by atoms with Crippen LogP contribution >= 0.6 is 0 Å². The molecule has 0 spiro atoms. The summed E-state index contributed by atoms with van der Waals surface area (Å²) >= 11 is 0. The Morgan fingerprint density at radius 1 is 1.33 bits per heavy atom. The fourth-order valence-electron chi connectivity index (χ4n) is 3.34. The van der Waals surface area contributed by atoms with Crippen molar-refractivity contribution in [2.45, 2.75) is 71.3 Å². The van der Waals surface area contributed by atoms with Crippen LogP contribution in [0.15, 0.2) is 0 Å². The van der Waals surface area contributed by atoms with E-state index in [1.165, 1.54) is 0 Å². The molecule has 1 amide bonds. The van der Waals surface area contributed by atoms with Gasteiger partial charge < -0.3 is 16.2 Å². The monoisotopic (exact) mass is 298 g/mol. The van der Waals surface area contributed by atoms with Crippen LogP contribution in [0.4, 0.5) is 0 Å². The molecule has 0 aromatic heterocycles. The molecular weight excluding hydrogens is 264 g/mol. The smallest absolute Gasteiger partial charge is 0.220 e. The third-order valence-corrected chi connectivity index (χ3v) is 5.16. The SMILES string of the molecule is CC1CCC(CO)(NC(=O)CCC(CCN)C(C)C)CC1. The van der Waals surface area contributed by atoms with Gasteiger partial charge in [-0.15, -0.1) is 0 Å². The highest BCUT2D eigenvalue weighted by molar-refractivity contribution is 5.76. The lowest BCUT2D eigenvalue weighted by atomic mass is 9.77. The standard InChI is InChI=1S/C17H34N2O2/c1-13(2)15(8-11-18)4-5-16(21)19-17(12-20)9-6-14(3)7-10-17/h13-15,20H,4-12,18H2,1-3H3,(H,19,21). The van der Waals surface area contributed by atoms with E-state index < -0.39 is 0 Å². The Morgan fingerprint density at radius 2 is 1.95 bits per heavy atom. The number of hydrogen-bond donors (Lipinski definition) is 3. The van der Waals surface area contributed by atoms with Gasteiger partial charge in [0.1, 0.15) is 0 Å². The number of nitrogens with one attached hydrogen (secondary N) is 1. The van der Waals surface area contributed by atoms with Gasteiger partial charge in [-0.1, -0.05) is 20.8 Å². The maximum absolute atomic E-state index is 12.2. The Balaban J connectivity index is 2.44. The predicted molar refractivity (Wildman–Crippen MR) is 86.8 cm³/mol. The average molecular weight is 298 g/mol. The van der Waals surface area contributed by atoms with Gasteiger partial charge in [0.05, 0.1) is 12.1 Å². The van der Waals surface area contributed by atoms with Crippen molar-refractivity contribution in [3.05, 3.63) is 0 Å². The maximum Gasteiger partial charge on any atom is 0.220 e. The van der Waals surface area contributed by atoms with Crippen molar-refractivity contribution < 1.29 is 9.90 Å². The van der Waals surface area contributed by atoms with Crippen molar-refractivity contribution in [1.82, 2.24) is 5.32 Å². The van der Waals surface area contributed by atoms with E-state index >= 15 is 0 Å².